The van der Waals surface area contributed by atoms with Crippen LogP contribution >= 0.6 is 0 Å². The van der Waals surface area contributed by atoms with Gasteiger partial charge in [-0.15, -0.1) is 0 Å². The third-order valence-corrected chi connectivity index (χ3v) is 2.45. The third kappa shape index (κ3) is 1.47. The average molecular weight is 186 g/mol. The molecule has 70 valence electrons. The first kappa shape index (κ1) is 8.76. The summed E-state index contributed by atoms with van der Waals surface area (Å²) < 4.78 is 0. The zero-order valence-corrected chi connectivity index (χ0v) is 7.66. The van der Waals surface area contributed by atoms with Crippen LogP contribution in [-0.2, 0) is 11.2 Å². The fourth-order valence-electron chi connectivity index (χ4n) is 1.69. The number of benzene rings is 1. The molecule has 0 aliphatic carbocycles. The van der Waals surface area contributed by atoms with E-state index in [9.17, 15) is 4.79 Å². The van der Waals surface area contributed by atoms with Crippen molar-refractivity contribution in [1.29, 1.82) is 5.26 Å². The van der Waals surface area contributed by atoms with Crippen molar-refractivity contribution in [2.24, 2.45) is 5.92 Å². The topological polar surface area (TPSA) is 52.9 Å². The number of para-hydroxylation sites is 1. The van der Waals surface area contributed by atoms with Gasteiger partial charge in [-0.3, -0.25) is 4.79 Å². The van der Waals surface area contributed by atoms with E-state index in [2.05, 4.69) is 5.32 Å². The molecule has 0 saturated heterocycles. The van der Waals surface area contributed by atoms with Crippen molar-refractivity contribution in [3.63, 3.8) is 0 Å². The van der Waals surface area contributed by atoms with Gasteiger partial charge in [0.25, 0.3) is 0 Å². The van der Waals surface area contributed by atoms with E-state index in [-0.39, 0.29) is 11.8 Å². The van der Waals surface area contributed by atoms with Gasteiger partial charge in [0, 0.05) is 12.1 Å². The molecule has 1 aliphatic heterocycles. The smallest absolute Gasteiger partial charge is 0.228 e. The van der Waals surface area contributed by atoms with Crippen LogP contribution in [0.5, 0.6) is 0 Å². The summed E-state index contributed by atoms with van der Waals surface area (Å²) in [5, 5.41) is 11.4. The quantitative estimate of drug-likeness (QED) is 0.725. The molecule has 0 fully saturated rings. The van der Waals surface area contributed by atoms with Gasteiger partial charge in [-0.05, 0) is 18.1 Å². The fourth-order valence-corrected chi connectivity index (χ4v) is 1.69. The molecule has 1 N–H and O–H groups in total. The summed E-state index contributed by atoms with van der Waals surface area (Å²) in [5.74, 6) is -0.222. The van der Waals surface area contributed by atoms with Crippen LogP contribution in [-0.4, -0.2) is 5.91 Å². The van der Waals surface area contributed by atoms with Crippen LogP contribution in [0, 0.1) is 17.2 Å². The zero-order valence-electron chi connectivity index (χ0n) is 7.66. The van der Waals surface area contributed by atoms with E-state index in [0.717, 1.165) is 11.3 Å². The van der Waals surface area contributed by atoms with E-state index >= 15 is 0 Å². The second-order valence-electron chi connectivity index (χ2n) is 3.41. The Morgan fingerprint density at radius 2 is 2.29 bits per heavy atom. The molecule has 1 heterocycles. The van der Waals surface area contributed by atoms with Gasteiger partial charge >= 0.3 is 0 Å². The Labute approximate surface area is 82.4 Å². The molecule has 1 atom stereocenters. The molecule has 0 saturated carbocycles. The lowest BCUT2D eigenvalue weighted by Gasteiger charge is -2.22. The first-order valence-corrected chi connectivity index (χ1v) is 4.57. The van der Waals surface area contributed by atoms with Crippen molar-refractivity contribution < 1.29 is 4.79 Å². The Balaban J connectivity index is 2.28. The normalized spacial score (nSPS) is 19.4. The highest BCUT2D eigenvalue weighted by Crippen LogP contribution is 2.26. The molecule has 1 amide bonds. The molecular formula is C11H10N2O. The number of rotatable bonds is 1. The van der Waals surface area contributed by atoms with Crippen LogP contribution in [0.25, 0.3) is 0 Å². The molecule has 2 rings (SSSR count). The molecule has 0 radical (unpaired) electrons. The molecule has 0 bridgehead atoms. The van der Waals surface area contributed by atoms with Crippen molar-refractivity contribution in [3.8, 4) is 6.07 Å². The van der Waals surface area contributed by atoms with Gasteiger partial charge in [0.15, 0.2) is 0 Å². The number of nitriles is 1. The summed E-state index contributed by atoms with van der Waals surface area (Å²) in [6.45, 7) is 0. The molecule has 1 aromatic rings. The minimum absolute atomic E-state index is 0.0368. The first-order valence-electron chi connectivity index (χ1n) is 4.57. The minimum atomic E-state index is -0.185. The van der Waals surface area contributed by atoms with E-state index in [1.165, 1.54) is 0 Å². The maximum absolute atomic E-state index is 11.5. The lowest BCUT2D eigenvalue weighted by atomic mass is 9.91. The number of fused-ring (bicyclic) bond motifs is 1. The molecule has 1 aliphatic rings. The van der Waals surface area contributed by atoms with Gasteiger partial charge in [0.1, 0.15) is 0 Å². The Hall–Kier alpha value is -1.82. The lowest BCUT2D eigenvalue weighted by Crippen LogP contribution is -2.29. The lowest BCUT2D eigenvalue weighted by molar-refractivity contribution is -0.120. The van der Waals surface area contributed by atoms with Gasteiger partial charge in [-0.1, -0.05) is 18.2 Å². The van der Waals surface area contributed by atoms with Gasteiger partial charge in [0.2, 0.25) is 5.91 Å². The maximum atomic E-state index is 11.5. The Morgan fingerprint density at radius 3 is 3.07 bits per heavy atom. The Bertz CT molecular complexity index is 406. The number of hydrogen-bond acceptors (Lipinski definition) is 2. The predicted octanol–water partition coefficient (Wildman–Crippen LogP) is 1.71. The SMILES string of the molecule is N#CCC1Cc2ccccc2NC1=O. The molecule has 0 spiro atoms. The zero-order chi connectivity index (χ0) is 9.97. The van der Waals surface area contributed by atoms with Crippen molar-refractivity contribution >= 4 is 11.6 Å². The largest absolute Gasteiger partial charge is 0.326 e. The molecular weight excluding hydrogens is 176 g/mol. The summed E-state index contributed by atoms with van der Waals surface area (Å²) in [5.41, 5.74) is 2.00. The summed E-state index contributed by atoms with van der Waals surface area (Å²) >= 11 is 0. The maximum Gasteiger partial charge on any atom is 0.228 e. The van der Waals surface area contributed by atoms with Crippen LogP contribution in [0.15, 0.2) is 24.3 Å². The van der Waals surface area contributed by atoms with Gasteiger partial charge in [-0.25, -0.2) is 0 Å². The van der Waals surface area contributed by atoms with Crippen molar-refractivity contribution in [3.05, 3.63) is 29.8 Å². The van der Waals surface area contributed by atoms with Gasteiger partial charge in [0.05, 0.1) is 12.0 Å². The summed E-state index contributed by atoms with van der Waals surface area (Å²) in [4.78, 5) is 11.5. The fraction of sp³-hybridized carbons (Fsp3) is 0.273. The highest BCUT2D eigenvalue weighted by molar-refractivity contribution is 5.95. The molecule has 1 unspecified atom stereocenters. The molecule has 3 nitrogen and oxygen atoms in total. The number of anilines is 1. The minimum Gasteiger partial charge on any atom is -0.326 e. The summed E-state index contributed by atoms with van der Waals surface area (Å²) in [6, 6.07) is 9.74. The Kier molecular flexibility index (Phi) is 2.19. The van der Waals surface area contributed by atoms with Gasteiger partial charge in [-0.2, -0.15) is 5.26 Å². The van der Waals surface area contributed by atoms with E-state index in [0.29, 0.717) is 12.8 Å². The predicted molar refractivity (Wildman–Crippen MR) is 52.5 cm³/mol. The van der Waals surface area contributed by atoms with Crippen molar-refractivity contribution in [2.75, 3.05) is 5.32 Å². The number of carbonyl (C=O) groups excluding carboxylic acids is 1. The number of nitrogens with zero attached hydrogens (tertiary/aromatic N) is 1. The number of nitrogens with one attached hydrogen (secondary N) is 1. The molecule has 3 heteroatoms. The van der Waals surface area contributed by atoms with Gasteiger partial charge < -0.3 is 5.32 Å². The number of carbonyl (C=O) groups is 1. The van der Waals surface area contributed by atoms with Crippen molar-refractivity contribution in [2.45, 2.75) is 12.8 Å². The van der Waals surface area contributed by atoms with E-state index in [1.54, 1.807) is 0 Å². The third-order valence-electron chi connectivity index (χ3n) is 2.45. The Morgan fingerprint density at radius 1 is 1.50 bits per heavy atom. The average Bonchev–Trinajstić information content (AvgIpc) is 2.19. The number of hydrogen-bond donors (Lipinski definition) is 1. The second-order valence-corrected chi connectivity index (χ2v) is 3.41. The van der Waals surface area contributed by atoms with E-state index in [1.807, 2.05) is 30.3 Å². The molecule has 14 heavy (non-hydrogen) atoms. The number of amides is 1. The van der Waals surface area contributed by atoms with Crippen LogP contribution in [0.3, 0.4) is 0 Å². The summed E-state index contributed by atoms with van der Waals surface area (Å²) in [6.07, 6.45) is 0.968. The first-order chi connectivity index (χ1) is 6.81. The molecule has 0 aromatic heterocycles. The standard InChI is InChI=1S/C11H10N2O/c12-6-5-9-7-8-3-1-2-4-10(8)13-11(9)14/h1-4,9H,5,7H2,(H,13,14). The highest BCUT2D eigenvalue weighted by atomic mass is 16.1. The van der Waals surface area contributed by atoms with E-state index < -0.39 is 0 Å². The second kappa shape index (κ2) is 3.51. The van der Waals surface area contributed by atoms with Crippen molar-refractivity contribution in [1.82, 2.24) is 0 Å². The molecule has 1 aromatic carbocycles. The highest BCUT2D eigenvalue weighted by Gasteiger charge is 2.25. The van der Waals surface area contributed by atoms with Crippen LogP contribution < -0.4 is 5.32 Å². The summed E-state index contributed by atoms with van der Waals surface area (Å²) in [7, 11) is 0. The van der Waals surface area contributed by atoms with Crippen LogP contribution in [0.1, 0.15) is 12.0 Å². The van der Waals surface area contributed by atoms with Crippen LogP contribution in [0.2, 0.25) is 0 Å². The van der Waals surface area contributed by atoms with E-state index in [4.69, 9.17) is 5.26 Å². The van der Waals surface area contributed by atoms with Crippen LogP contribution in [0.4, 0.5) is 5.69 Å². The monoisotopic (exact) mass is 186 g/mol.